The van der Waals surface area contributed by atoms with E-state index in [1.165, 1.54) is 17.7 Å². The summed E-state index contributed by atoms with van der Waals surface area (Å²) in [5.74, 6) is -1.80. The minimum atomic E-state index is -4.66. The summed E-state index contributed by atoms with van der Waals surface area (Å²) in [5, 5.41) is 0. The van der Waals surface area contributed by atoms with Gasteiger partial charge in [-0.05, 0) is 124 Å². The minimum Gasteiger partial charge on any atom is -0.435 e. The Bertz CT molecular complexity index is 2210. The predicted octanol–water partition coefficient (Wildman–Crippen LogP) is 15.0. The highest BCUT2D eigenvalue weighted by atomic mass is 19.4. The van der Waals surface area contributed by atoms with Gasteiger partial charge in [0, 0.05) is 5.56 Å². The van der Waals surface area contributed by atoms with Gasteiger partial charge in [0.1, 0.15) is 17.4 Å². The number of benzene rings is 6. The lowest BCUT2D eigenvalue weighted by Gasteiger charge is -2.30. The van der Waals surface area contributed by atoms with Crippen molar-refractivity contribution in [1.82, 2.24) is 0 Å². The van der Waals surface area contributed by atoms with Crippen LogP contribution in [0.5, 0.6) is 5.75 Å². The largest absolute Gasteiger partial charge is 0.435 e. The quantitative estimate of drug-likeness (QED) is 0.0660. The third-order valence-corrected chi connectivity index (χ3v) is 10.8. The molecule has 0 saturated heterocycles. The second-order valence-corrected chi connectivity index (χ2v) is 14.9. The molecule has 0 aliphatic carbocycles. The van der Waals surface area contributed by atoms with E-state index in [1.54, 1.807) is 30.3 Å². The number of halogens is 7. The first kappa shape index (κ1) is 42.2. The van der Waals surface area contributed by atoms with Crippen LogP contribution in [0.15, 0.2) is 133 Å². The molecule has 302 valence electrons. The first-order valence-corrected chi connectivity index (χ1v) is 19.9. The highest BCUT2D eigenvalue weighted by Gasteiger charge is 2.32. The smallest absolute Gasteiger partial charge is 0.416 e. The highest BCUT2D eigenvalue weighted by Crippen LogP contribution is 2.41. The molecule has 1 nitrogen and oxygen atoms in total. The molecule has 0 aromatic heterocycles. The molecule has 0 aliphatic rings. The van der Waals surface area contributed by atoms with Crippen LogP contribution in [-0.4, -0.2) is 6.61 Å². The maximum atomic E-state index is 16.5. The Morgan fingerprint density at radius 1 is 0.517 bits per heavy atom. The van der Waals surface area contributed by atoms with Gasteiger partial charge in [-0.25, -0.2) is 8.78 Å². The van der Waals surface area contributed by atoms with Crippen LogP contribution in [0.25, 0.3) is 22.3 Å². The monoisotopic (exact) mass is 796 g/mol. The Labute approximate surface area is 336 Å². The maximum absolute atomic E-state index is 16.5. The number of ether oxygens (including phenoxy) is 1. The zero-order valence-electron chi connectivity index (χ0n) is 32.6. The van der Waals surface area contributed by atoms with Crippen molar-refractivity contribution >= 4 is 0 Å². The fourth-order valence-corrected chi connectivity index (χ4v) is 7.70. The van der Waals surface area contributed by atoms with Crippen molar-refractivity contribution in [2.45, 2.75) is 89.8 Å². The average molecular weight is 797 g/mol. The molecule has 0 radical (unpaired) electrons. The summed E-state index contributed by atoms with van der Waals surface area (Å²) in [6.07, 6.45) is 2.20. The molecule has 0 bridgehead atoms. The van der Waals surface area contributed by atoms with Gasteiger partial charge < -0.3 is 4.74 Å². The third-order valence-electron chi connectivity index (χ3n) is 10.8. The number of unbranched alkanes of at least 4 members (excludes halogenated alkanes) is 2. The lowest BCUT2D eigenvalue weighted by Crippen LogP contribution is -2.18. The van der Waals surface area contributed by atoms with E-state index < -0.39 is 24.2 Å². The Morgan fingerprint density at radius 2 is 1.09 bits per heavy atom. The van der Waals surface area contributed by atoms with Gasteiger partial charge >= 0.3 is 12.8 Å². The van der Waals surface area contributed by atoms with Gasteiger partial charge in [-0.2, -0.15) is 22.0 Å². The topological polar surface area (TPSA) is 9.23 Å². The lowest BCUT2D eigenvalue weighted by atomic mass is 9.74. The molecular formula is C50H47F7O. The molecular weight excluding hydrogens is 750 g/mol. The van der Waals surface area contributed by atoms with Crippen LogP contribution in [-0.2, 0) is 31.9 Å². The summed E-state index contributed by atoms with van der Waals surface area (Å²) in [4.78, 5) is 0. The van der Waals surface area contributed by atoms with Crippen LogP contribution >= 0.6 is 0 Å². The Morgan fingerprint density at radius 3 is 1.66 bits per heavy atom. The SMILES string of the molecule is CCCCCc1ccc(C(Cc2ccc(-c3ccc(OC(F)F)cc3)cc2)C(Cc2ccc(CCC)cc2)c2ccc(-c3ccc(C(F)(F)F)cc3F)cc2)c(F)c1. The molecule has 0 amide bonds. The zero-order chi connectivity index (χ0) is 41.2. The molecule has 6 rings (SSSR count). The minimum absolute atomic E-state index is 0.0557. The molecule has 0 fully saturated rings. The Balaban J connectivity index is 1.39. The van der Waals surface area contributed by atoms with Gasteiger partial charge in [-0.1, -0.05) is 136 Å². The molecule has 8 heteroatoms. The van der Waals surface area contributed by atoms with Crippen LogP contribution in [0.3, 0.4) is 0 Å². The molecule has 6 aromatic rings. The van der Waals surface area contributed by atoms with E-state index in [9.17, 15) is 22.0 Å². The van der Waals surface area contributed by atoms with Gasteiger partial charge in [0.05, 0.1) is 5.56 Å². The van der Waals surface area contributed by atoms with Crippen LogP contribution in [0.2, 0.25) is 0 Å². The van der Waals surface area contributed by atoms with Crippen molar-refractivity contribution in [3.05, 3.63) is 184 Å². The summed E-state index contributed by atoms with van der Waals surface area (Å²) in [7, 11) is 0. The standard InChI is InChI=1S/C50H47F7O/c1-3-5-6-8-34-15-27-44(47(51)31-34)46(30-36-13-16-37(17-14-36)38-22-25-42(26-23-38)58-49(53)54)45(29-35-11-9-33(7-4-2)10-12-35)40-20-18-39(19-21-40)43-28-24-41(32-48(43)52)50(55,56)57/h9-28,31-32,45-46,49H,3-8,29-30H2,1-2H3. The lowest BCUT2D eigenvalue weighted by molar-refractivity contribution is -0.137. The van der Waals surface area contributed by atoms with Crippen molar-refractivity contribution in [1.29, 1.82) is 0 Å². The van der Waals surface area contributed by atoms with Gasteiger partial charge in [-0.3, -0.25) is 0 Å². The summed E-state index contributed by atoms with van der Waals surface area (Å²) in [5.41, 5.74) is 6.78. The number of aryl methyl sites for hydroxylation is 2. The maximum Gasteiger partial charge on any atom is 0.416 e. The van der Waals surface area contributed by atoms with Gasteiger partial charge in [-0.15, -0.1) is 0 Å². The van der Waals surface area contributed by atoms with E-state index in [-0.39, 0.29) is 29.0 Å². The fourth-order valence-electron chi connectivity index (χ4n) is 7.70. The molecule has 2 atom stereocenters. The first-order valence-electron chi connectivity index (χ1n) is 19.9. The van der Waals surface area contributed by atoms with E-state index in [2.05, 4.69) is 42.8 Å². The van der Waals surface area contributed by atoms with Crippen molar-refractivity contribution in [2.75, 3.05) is 0 Å². The van der Waals surface area contributed by atoms with Crippen LogP contribution in [0.1, 0.15) is 90.3 Å². The van der Waals surface area contributed by atoms with Crippen molar-refractivity contribution < 1.29 is 35.5 Å². The zero-order valence-corrected chi connectivity index (χ0v) is 32.6. The number of hydrogen-bond acceptors (Lipinski definition) is 1. The van der Waals surface area contributed by atoms with E-state index in [0.29, 0.717) is 30.0 Å². The summed E-state index contributed by atoms with van der Waals surface area (Å²) in [6, 6.07) is 38.1. The van der Waals surface area contributed by atoms with Crippen molar-refractivity contribution in [2.24, 2.45) is 0 Å². The van der Waals surface area contributed by atoms with Crippen molar-refractivity contribution in [3.63, 3.8) is 0 Å². The molecule has 0 saturated carbocycles. The molecule has 0 aliphatic heterocycles. The van der Waals surface area contributed by atoms with E-state index in [4.69, 9.17) is 0 Å². The average Bonchev–Trinajstić information content (AvgIpc) is 3.20. The van der Waals surface area contributed by atoms with Gasteiger partial charge in [0.25, 0.3) is 0 Å². The molecule has 2 unspecified atom stereocenters. The van der Waals surface area contributed by atoms with E-state index >= 15 is 8.78 Å². The molecule has 0 spiro atoms. The van der Waals surface area contributed by atoms with Crippen molar-refractivity contribution in [3.8, 4) is 28.0 Å². The summed E-state index contributed by atoms with van der Waals surface area (Å²) >= 11 is 0. The van der Waals surface area contributed by atoms with E-state index in [1.807, 2.05) is 48.5 Å². The van der Waals surface area contributed by atoms with Gasteiger partial charge in [0.15, 0.2) is 0 Å². The Hall–Kier alpha value is -5.37. The number of alkyl halides is 5. The van der Waals surface area contributed by atoms with Crippen LogP contribution in [0, 0.1) is 11.6 Å². The van der Waals surface area contributed by atoms with E-state index in [0.717, 1.165) is 84.0 Å². The normalized spacial score (nSPS) is 12.8. The molecule has 58 heavy (non-hydrogen) atoms. The van der Waals surface area contributed by atoms with Crippen LogP contribution in [0.4, 0.5) is 30.7 Å². The van der Waals surface area contributed by atoms with Crippen LogP contribution < -0.4 is 4.74 Å². The molecule has 0 heterocycles. The number of hydrogen-bond donors (Lipinski definition) is 0. The second-order valence-electron chi connectivity index (χ2n) is 14.9. The predicted molar refractivity (Wildman–Crippen MR) is 218 cm³/mol. The van der Waals surface area contributed by atoms with Gasteiger partial charge in [0.2, 0.25) is 0 Å². The summed E-state index contributed by atoms with van der Waals surface area (Å²) < 4.78 is 101. The molecule has 0 N–H and O–H groups in total. The first-order chi connectivity index (χ1) is 27.9. The highest BCUT2D eigenvalue weighted by molar-refractivity contribution is 5.66. The molecule has 6 aromatic carbocycles. The summed E-state index contributed by atoms with van der Waals surface area (Å²) in [6.45, 7) is 1.35. The fraction of sp³-hybridized carbons (Fsp3) is 0.280. The Kier molecular flexibility index (Phi) is 14.1. The third kappa shape index (κ3) is 11.0. The number of rotatable bonds is 17. The second kappa shape index (κ2) is 19.4.